The number of methoxy groups -OCH3 is 1. The highest BCUT2D eigenvalue weighted by atomic mass is 35.5. The molecule has 1 saturated heterocycles. The molecule has 0 amide bonds. The number of aromatic nitrogens is 2. The molecule has 1 aliphatic rings. The molecule has 0 spiro atoms. The zero-order valence-corrected chi connectivity index (χ0v) is 13.3. The summed E-state index contributed by atoms with van der Waals surface area (Å²) in [5.74, 6) is 1.56. The first kappa shape index (κ1) is 14.0. The van der Waals surface area contributed by atoms with Crippen LogP contribution in [-0.2, 0) is 11.2 Å². The molecule has 0 bridgehead atoms. The summed E-state index contributed by atoms with van der Waals surface area (Å²) in [5, 5.41) is 1.47. The van der Waals surface area contributed by atoms with E-state index in [1.807, 2.05) is 0 Å². The van der Waals surface area contributed by atoms with E-state index in [4.69, 9.17) is 16.3 Å². The van der Waals surface area contributed by atoms with Gasteiger partial charge in [-0.2, -0.15) is 4.98 Å². The van der Waals surface area contributed by atoms with Crippen molar-refractivity contribution in [2.75, 3.05) is 31.7 Å². The SMILES string of the molecule is CCc1cc2c(N3CCC(COC)C3)nc(Cl)nc2s1. The van der Waals surface area contributed by atoms with Gasteiger partial charge in [0.25, 0.3) is 0 Å². The second kappa shape index (κ2) is 5.84. The van der Waals surface area contributed by atoms with E-state index in [9.17, 15) is 0 Å². The molecule has 2 aromatic heterocycles. The molecule has 108 valence electrons. The largest absolute Gasteiger partial charge is 0.384 e. The highest BCUT2D eigenvalue weighted by molar-refractivity contribution is 7.18. The van der Waals surface area contributed by atoms with Crippen molar-refractivity contribution < 1.29 is 4.74 Å². The number of ether oxygens (including phenoxy) is 1. The van der Waals surface area contributed by atoms with Gasteiger partial charge >= 0.3 is 0 Å². The van der Waals surface area contributed by atoms with Crippen molar-refractivity contribution in [1.82, 2.24) is 9.97 Å². The van der Waals surface area contributed by atoms with Crippen molar-refractivity contribution in [2.24, 2.45) is 5.92 Å². The Morgan fingerprint density at radius 3 is 3.10 bits per heavy atom. The van der Waals surface area contributed by atoms with Gasteiger partial charge in [-0.25, -0.2) is 4.98 Å². The highest BCUT2D eigenvalue weighted by Crippen LogP contribution is 2.34. The van der Waals surface area contributed by atoms with Gasteiger partial charge in [0.2, 0.25) is 5.28 Å². The molecule has 0 radical (unpaired) electrons. The molecule has 1 aliphatic heterocycles. The number of rotatable bonds is 4. The number of anilines is 1. The van der Waals surface area contributed by atoms with E-state index < -0.39 is 0 Å². The fourth-order valence-corrected chi connectivity index (χ4v) is 3.92. The van der Waals surface area contributed by atoms with Crippen LogP contribution in [-0.4, -0.2) is 36.8 Å². The number of thiophene rings is 1. The summed E-state index contributed by atoms with van der Waals surface area (Å²) in [4.78, 5) is 13.5. The highest BCUT2D eigenvalue weighted by Gasteiger charge is 2.25. The van der Waals surface area contributed by atoms with Crippen molar-refractivity contribution in [3.05, 3.63) is 16.2 Å². The third-order valence-electron chi connectivity index (χ3n) is 3.73. The normalized spacial score (nSPS) is 19.1. The smallest absolute Gasteiger partial charge is 0.225 e. The molecule has 1 fully saturated rings. The van der Waals surface area contributed by atoms with Gasteiger partial charge in [-0.15, -0.1) is 11.3 Å². The Morgan fingerprint density at radius 2 is 2.35 bits per heavy atom. The Bertz CT molecular complexity index is 616. The molecule has 2 aromatic rings. The zero-order valence-electron chi connectivity index (χ0n) is 11.7. The molecule has 6 heteroatoms. The maximum Gasteiger partial charge on any atom is 0.225 e. The summed E-state index contributed by atoms with van der Waals surface area (Å²) in [7, 11) is 1.76. The molecule has 20 heavy (non-hydrogen) atoms. The minimum atomic E-state index is 0.340. The summed E-state index contributed by atoms with van der Waals surface area (Å²) < 4.78 is 5.26. The molecule has 0 N–H and O–H groups in total. The second-order valence-electron chi connectivity index (χ2n) is 5.16. The second-order valence-corrected chi connectivity index (χ2v) is 6.61. The van der Waals surface area contributed by atoms with Gasteiger partial charge in [0.1, 0.15) is 10.6 Å². The van der Waals surface area contributed by atoms with Crippen molar-refractivity contribution in [3.63, 3.8) is 0 Å². The maximum absolute atomic E-state index is 6.09. The third-order valence-corrected chi connectivity index (χ3v) is 5.07. The van der Waals surface area contributed by atoms with Crippen LogP contribution in [0, 0.1) is 5.92 Å². The van der Waals surface area contributed by atoms with Gasteiger partial charge in [0, 0.05) is 31.0 Å². The quantitative estimate of drug-likeness (QED) is 0.811. The fraction of sp³-hybridized carbons (Fsp3) is 0.571. The van der Waals surface area contributed by atoms with Gasteiger partial charge in [-0.05, 0) is 30.5 Å². The first-order chi connectivity index (χ1) is 9.71. The molecule has 0 aromatic carbocycles. The summed E-state index contributed by atoms with van der Waals surface area (Å²) in [5.41, 5.74) is 0. The van der Waals surface area contributed by atoms with Gasteiger partial charge in [0.15, 0.2) is 0 Å². The Balaban J connectivity index is 1.96. The van der Waals surface area contributed by atoms with Gasteiger partial charge in [-0.1, -0.05) is 6.92 Å². The van der Waals surface area contributed by atoms with Gasteiger partial charge in [0.05, 0.1) is 12.0 Å². The van der Waals surface area contributed by atoms with Crippen LogP contribution < -0.4 is 4.90 Å². The first-order valence-electron chi connectivity index (χ1n) is 6.91. The Morgan fingerprint density at radius 1 is 1.50 bits per heavy atom. The number of nitrogens with zero attached hydrogens (tertiary/aromatic N) is 3. The molecule has 0 saturated carbocycles. The van der Waals surface area contributed by atoms with Crippen LogP contribution in [0.25, 0.3) is 10.2 Å². The van der Waals surface area contributed by atoms with Gasteiger partial charge in [-0.3, -0.25) is 0 Å². The summed E-state index contributed by atoms with van der Waals surface area (Å²) in [6, 6.07) is 2.20. The van der Waals surface area contributed by atoms with E-state index in [0.29, 0.717) is 11.2 Å². The Kier molecular flexibility index (Phi) is 4.10. The van der Waals surface area contributed by atoms with Crippen molar-refractivity contribution in [3.8, 4) is 0 Å². The maximum atomic E-state index is 6.09. The van der Waals surface area contributed by atoms with Crippen LogP contribution in [0.15, 0.2) is 6.07 Å². The summed E-state index contributed by atoms with van der Waals surface area (Å²) in [6.07, 6.45) is 2.16. The van der Waals surface area contributed by atoms with Crippen molar-refractivity contribution >= 4 is 39.0 Å². The van der Waals surface area contributed by atoms with Crippen LogP contribution >= 0.6 is 22.9 Å². The average Bonchev–Trinajstić information content (AvgIpc) is 3.04. The third kappa shape index (κ3) is 2.62. The molecular formula is C14H18ClN3OS. The van der Waals surface area contributed by atoms with E-state index in [0.717, 1.165) is 48.6 Å². The van der Waals surface area contributed by atoms with Crippen LogP contribution in [0.4, 0.5) is 5.82 Å². The average molecular weight is 312 g/mol. The number of hydrogen-bond acceptors (Lipinski definition) is 5. The zero-order chi connectivity index (χ0) is 14.1. The van der Waals surface area contributed by atoms with Crippen LogP contribution in [0.2, 0.25) is 5.28 Å². The van der Waals surface area contributed by atoms with Crippen LogP contribution in [0.3, 0.4) is 0 Å². The van der Waals surface area contributed by atoms with Crippen LogP contribution in [0.5, 0.6) is 0 Å². The van der Waals surface area contributed by atoms with E-state index in [1.54, 1.807) is 18.4 Å². The lowest BCUT2D eigenvalue weighted by Gasteiger charge is -2.18. The lowest BCUT2D eigenvalue weighted by molar-refractivity contribution is 0.161. The lowest BCUT2D eigenvalue weighted by Crippen LogP contribution is -2.22. The van der Waals surface area contributed by atoms with E-state index in [1.165, 1.54) is 4.88 Å². The topological polar surface area (TPSA) is 38.2 Å². The minimum absolute atomic E-state index is 0.340. The van der Waals surface area contributed by atoms with Crippen LogP contribution in [0.1, 0.15) is 18.2 Å². The molecule has 1 unspecified atom stereocenters. The fourth-order valence-electron chi connectivity index (χ4n) is 2.74. The van der Waals surface area contributed by atoms with E-state index in [-0.39, 0.29) is 0 Å². The van der Waals surface area contributed by atoms with E-state index in [2.05, 4.69) is 27.9 Å². The summed E-state index contributed by atoms with van der Waals surface area (Å²) in [6.45, 7) is 4.95. The number of halogens is 1. The predicted octanol–water partition coefficient (Wildman–Crippen LogP) is 3.38. The van der Waals surface area contributed by atoms with Crippen molar-refractivity contribution in [1.29, 1.82) is 0 Å². The predicted molar refractivity (Wildman–Crippen MR) is 84.0 cm³/mol. The Labute approximate surface area is 127 Å². The minimum Gasteiger partial charge on any atom is -0.384 e. The lowest BCUT2D eigenvalue weighted by atomic mass is 10.1. The Hall–Kier alpha value is -0.910. The first-order valence-corrected chi connectivity index (χ1v) is 8.10. The number of hydrogen-bond donors (Lipinski definition) is 0. The summed E-state index contributed by atoms with van der Waals surface area (Å²) >= 11 is 7.79. The monoisotopic (exact) mass is 311 g/mol. The van der Waals surface area contributed by atoms with E-state index >= 15 is 0 Å². The molecule has 0 aliphatic carbocycles. The molecule has 4 nitrogen and oxygen atoms in total. The number of aryl methyl sites for hydroxylation is 1. The molecule has 1 atom stereocenters. The molecular weight excluding hydrogens is 294 g/mol. The molecule has 3 rings (SSSR count). The van der Waals surface area contributed by atoms with Crippen molar-refractivity contribution in [2.45, 2.75) is 19.8 Å². The number of fused-ring (bicyclic) bond motifs is 1. The van der Waals surface area contributed by atoms with Gasteiger partial charge < -0.3 is 9.64 Å². The molecule has 3 heterocycles. The standard InChI is InChI=1S/C14H18ClN3OS/c1-3-10-6-11-12(16-14(15)17-13(11)20-10)18-5-4-9(7-18)8-19-2/h6,9H,3-5,7-8H2,1-2H3.